The maximum Gasteiger partial charge on any atom is 0.165 e. The fraction of sp³-hybridized carbons (Fsp3) is 0.600. The number of hydrogen-bond donors (Lipinski definition) is 1. The van der Waals surface area contributed by atoms with Gasteiger partial charge in [-0.2, -0.15) is 0 Å². The summed E-state index contributed by atoms with van der Waals surface area (Å²) in [5, 5.41) is 8.89. The van der Waals surface area contributed by atoms with Crippen molar-refractivity contribution in [3.63, 3.8) is 0 Å². The summed E-state index contributed by atoms with van der Waals surface area (Å²) in [6.45, 7) is 0.444. The van der Waals surface area contributed by atoms with Gasteiger partial charge in [0.15, 0.2) is 11.6 Å². The molecule has 1 aromatic rings. The van der Waals surface area contributed by atoms with Gasteiger partial charge in [0.05, 0.1) is 13.2 Å². The first-order valence-electron chi connectivity index (χ1n) is 6.81. The maximum atomic E-state index is 13.6. The molecule has 1 aliphatic carbocycles. The lowest BCUT2D eigenvalue weighted by Gasteiger charge is -2.21. The lowest BCUT2D eigenvalue weighted by molar-refractivity contribution is 0.238. The fourth-order valence-corrected chi connectivity index (χ4v) is 2.57. The standard InChI is InChI=1S/C15H21FO2/c16-14-10-13(11-17)6-7-15(14)18-9-8-12-4-2-1-3-5-12/h6-7,10,12,17H,1-5,8-9,11H2. The number of aliphatic hydroxyl groups is 1. The lowest BCUT2D eigenvalue weighted by atomic mass is 9.87. The van der Waals surface area contributed by atoms with Crippen LogP contribution in [0.4, 0.5) is 4.39 Å². The van der Waals surface area contributed by atoms with Crippen molar-refractivity contribution in [2.45, 2.75) is 45.1 Å². The Morgan fingerprint density at radius 3 is 2.67 bits per heavy atom. The van der Waals surface area contributed by atoms with Crippen LogP contribution in [0.15, 0.2) is 18.2 Å². The number of rotatable bonds is 5. The molecule has 0 saturated heterocycles. The smallest absolute Gasteiger partial charge is 0.165 e. The average Bonchev–Trinajstić information content (AvgIpc) is 2.42. The molecule has 0 heterocycles. The zero-order valence-electron chi connectivity index (χ0n) is 10.7. The van der Waals surface area contributed by atoms with Gasteiger partial charge in [-0.05, 0) is 30.0 Å². The number of halogens is 1. The highest BCUT2D eigenvalue weighted by Gasteiger charge is 2.13. The normalized spacial score (nSPS) is 16.8. The van der Waals surface area contributed by atoms with Gasteiger partial charge < -0.3 is 9.84 Å². The molecular formula is C15H21FO2. The Morgan fingerprint density at radius 2 is 2.00 bits per heavy atom. The van der Waals surface area contributed by atoms with Gasteiger partial charge in [0, 0.05) is 0 Å². The van der Waals surface area contributed by atoms with Crippen molar-refractivity contribution in [2.75, 3.05) is 6.61 Å². The first-order valence-corrected chi connectivity index (χ1v) is 6.81. The molecule has 0 bridgehead atoms. The van der Waals surface area contributed by atoms with Crippen molar-refractivity contribution < 1.29 is 14.2 Å². The molecule has 2 nitrogen and oxygen atoms in total. The van der Waals surface area contributed by atoms with Crippen LogP contribution in [0.5, 0.6) is 5.75 Å². The molecule has 0 aliphatic heterocycles. The van der Waals surface area contributed by atoms with E-state index in [1.54, 1.807) is 12.1 Å². The molecule has 1 aliphatic rings. The Hall–Kier alpha value is -1.09. The summed E-state index contributed by atoms with van der Waals surface area (Å²) in [4.78, 5) is 0. The van der Waals surface area contributed by atoms with Crippen molar-refractivity contribution in [1.82, 2.24) is 0 Å². The minimum atomic E-state index is -0.384. The summed E-state index contributed by atoms with van der Waals surface area (Å²) in [5.41, 5.74) is 0.576. The molecule has 1 aromatic carbocycles. The number of aliphatic hydroxyl groups excluding tert-OH is 1. The van der Waals surface area contributed by atoms with E-state index >= 15 is 0 Å². The van der Waals surface area contributed by atoms with Crippen molar-refractivity contribution in [3.05, 3.63) is 29.6 Å². The third-order valence-electron chi connectivity index (χ3n) is 3.69. The molecule has 1 saturated carbocycles. The topological polar surface area (TPSA) is 29.5 Å². The summed E-state index contributed by atoms with van der Waals surface area (Å²) in [5.74, 6) is 0.659. The molecule has 3 heteroatoms. The molecule has 0 radical (unpaired) electrons. The Morgan fingerprint density at radius 1 is 1.22 bits per heavy atom. The molecule has 0 unspecified atom stereocenters. The Kier molecular flexibility index (Phi) is 5.00. The maximum absolute atomic E-state index is 13.6. The van der Waals surface area contributed by atoms with Crippen LogP contribution < -0.4 is 4.74 Å². The Labute approximate surface area is 108 Å². The molecule has 2 rings (SSSR count). The van der Waals surface area contributed by atoms with Gasteiger partial charge >= 0.3 is 0 Å². The molecule has 18 heavy (non-hydrogen) atoms. The molecule has 0 aromatic heterocycles. The lowest BCUT2D eigenvalue weighted by Crippen LogP contribution is -2.11. The molecule has 0 amide bonds. The number of hydrogen-bond acceptors (Lipinski definition) is 2. The highest BCUT2D eigenvalue weighted by Crippen LogP contribution is 2.27. The van der Waals surface area contributed by atoms with E-state index in [0.717, 1.165) is 12.3 Å². The van der Waals surface area contributed by atoms with Crippen LogP contribution in [0.25, 0.3) is 0 Å². The van der Waals surface area contributed by atoms with E-state index in [1.807, 2.05) is 0 Å². The van der Waals surface area contributed by atoms with Gasteiger partial charge in [-0.3, -0.25) is 0 Å². The average molecular weight is 252 g/mol. The first-order chi connectivity index (χ1) is 8.79. The zero-order chi connectivity index (χ0) is 12.8. The predicted octanol–water partition coefficient (Wildman–Crippen LogP) is 3.67. The third-order valence-corrected chi connectivity index (χ3v) is 3.69. The number of benzene rings is 1. The van der Waals surface area contributed by atoms with Crippen molar-refractivity contribution in [1.29, 1.82) is 0 Å². The summed E-state index contributed by atoms with van der Waals surface area (Å²) in [7, 11) is 0. The molecule has 0 atom stereocenters. The quantitative estimate of drug-likeness (QED) is 0.866. The monoisotopic (exact) mass is 252 g/mol. The van der Waals surface area contributed by atoms with E-state index in [1.165, 1.54) is 38.2 Å². The minimum Gasteiger partial charge on any atom is -0.491 e. The van der Waals surface area contributed by atoms with Gasteiger partial charge in [0.1, 0.15) is 0 Å². The summed E-state index contributed by atoms with van der Waals surface area (Å²) < 4.78 is 19.0. The van der Waals surface area contributed by atoms with Crippen molar-refractivity contribution in [2.24, 2.45) is 5.92 Å². The highest BCUT2D eigenvalue weighted by molar-refractivity contribution is 5.28. The Balaban J connectivity index is 1.79. The predicted molar refractivity (Wildman–Crippen MR) is 69.0 cm³/mol. The van der Waals surface area contributed by atoms with Crippen LogP contribution in [0.1, 0.15) is 44.1 Å². The minimum absolute atomic E-state index is 0.140. The Bertz CT molecular complexity index is 373. The van der Waals surface area contributed by atoms with Gasteiger partial charge in [-0.15, -0.1) is 0 Å². The second-order valence-corrected chi connectivity index (χ2v) is 5.06. The number of ether oxygens (including phenoxy) is 1. The second-order valence-electron chi connectivity index (χ2n) is 5.06. The van der Waals surface area contributed by atoms with Crippen molar-refractivity contribution in [3.8, 4) is 5.75 Å². The molecule has 100 valence electrons. The van der Waals surface area contributed by atoms with Gasteiger partial charge in [0.2, 0.25) is 0 Å². The van der Waals surface area contributed by atoms with E-state index in [9.17, 15) is 4.39 Å². The van der Waals surface area contributed by atoms with Crippen LogP contribution in [0.3, 0.4) is 0 Å². The van der Waals surface area contributed by atoms with E-state index < -0.39 is 0 Å². The summed E-state index contributed by atoms with van der Waals surface area (Å²) in [6.07, 6.45) is 7.59. The highest BCUT2D eigenvalue weighted by atomic mass is 19.1. The van der Waals surface area contributed by atoms with Gasteiger partial charge in [0.25, 0.3) is 0 Å². The third kappa shape index (κ3) is 3.70. The summed E-state index contributed by atoms with van der Waals surface area (Å²) in [6, 6.07) is 4.62. The second kappa shape index (κ2) is 6.74. The van der Waals surface area contributed by atoms with Gasteiger partial charge in [-0.1, -0.05) is 38.2 Å². The van der Waals surface area contributed by atoms with Crippen LogP contribution in [0.2, 0.25) is 0 Å². The SMILES string of the molecule is OCc1ccc(OCCC2CCCCC2)c(F)c1. The van der Waals surface area contributed by atoms with E-state index in [0.29, 0.717) is 17.9 Å². The first kappa shape index (κ1) is 13.3. The molecule has 1 fully saturated rings. The summed E-state index contributed by atoms with van der Waals surface area (Å²) >= 11 is 0. The van der Waals surface area contributed by atoms with Crippen molar-refractivity contribution >= 4 is 0 Å². The van der Waals surface area contributed by atoms with E-state index in [4.69, 9.17) is 9.84 Å². The van der Waals surface area contributed by atoms with Crippen LogP contribution in [-0.2, 0) is 6.61 Å². The largest absolute Gasteiger partial charge is 0.491 e. The zero-order valence-corrected chi connectivity index (χ0v) is 10.7. The van der Waals surface area contributed by atoms with Gasteiger partial charge in [-0.25, -0.2) is 4.39 Å². The fourth-order valence-electron chi connectivity index (χ4n) is 2.57. The molecule has 1 N–H and O–H groups in total. The van der Waals surface area contributed by atoms with Crippen LogP contribution >= 0.6 is 0 Å². The van der Waals surface area contributed by atoms with E-state index in [2.05, 4.69) is 0 Å². The molecular weight excluding hydrogens is 231 g/mol. The van der Waals surface area contributed by atoms with Crippen LogP contribution in [-0.4, -0.2) is 11.7 Å². The molecule has 0 spiro atoms. The van der Waals surface area contributed by atoms with E-state index in [-0.39, 0.29) is 12.4 Å². The van der Waals surface area contributed by atoms with Crippen LogP contribution in [0, 0.1) is 11.7 Å².